The topological polar surface area (TPSA) is 50.2 Å². The Hall–Kier alpha value is -2.11. The van der Waals surface area contributed by atoms with E-state index in [4.69, 9.17) is 11.6 Å². The number of fused-ring (bicyclic) bond motifs is 1. The molecule has 2 aliphatic rings. The van der Waals surface area contributed by atoms with Crippen LogP contribution in [0.15, 0.2) is 42.5 Å². The van der Waals surface area contributed by atoms with Crippen molar-refractivity contribution in [2.75, 3.05) is 19.6 Å². The van der Waals surface area contributed by atoms with Crippen molar-refractivity contribution < 1.29 is 4.79 Å². The normalized spacial score (nSPS) is 20.4. The van der Waals surface area contributed by atoms with Crippen LogP contribution in [0.3, 0.4) is 0 Å². The van der Waals surface area contributed by atoms with Crippen LogP contribution in [0.4, 0.5) is 0 Å². The summed E-state index contributed by atoms with van der Waals surface area (Å²) in [5.74, 6) is -0.0201. The van der Waals surface area contributed by atoms with Gasteiger partial charge in [-0.05, 0) is 24.9 Å². The molecule has 0 saturated carbocycles. The van der Waals surface area contributed by atoms with E-state index in [1.165, 1.54) is 0 Å². The molecule has 6 heteroatoms. The highest BCUT2D eigenvalue weighted by molar-refractivity contribution is 6.31. The lowest BCUT2D eigenvalue weighted by atomic mass is 10.0. The number of carbonyl (C=O) groups is 1. The van der Waals surface area contributed by atoms with E-state index in [9.17, 15) is 4.79 Å². The number of nitrogens with zero attached hydrogens (tertiary/aromatic N) is 3. The van der Waals surface area contributed by atoms with Gasteiger partial charge in [-0.25, -0.2) is 4.68 Å². The molecule has 1 amide bonds. The Morgan fingerprint density at radius 2 is 2.12 bits per heavy atom. The van der Waals surface area contributed by atoms with E-state index in [0.29, 0.717) is 23.9 Å². The number of nitrogens with one attached hydrogen (secondary N) is 1. The van der Waals surface area contributed by atoms with E-state index in [1.807, 2.05) is 35.2 Å². The van der Waals surface area contributed by atoms with E-state index in [-0.39, 0.29) is 11.9 Å². The summed E-state index contributed by atoms with van der Waals surface area (Å²) in [5.41, 5.74) is 2.50. The molecule has 130 valence electrons. The number of halogens is 1. The zero-order valence-electron chi connectivity index (χ0n) is 14.0. The molecule has 0 saturated heterocycles. The van der Waals surface area contributed by atoms with Gasteiger partial charge in [0.2, 0.25) is 0 Å². The minimum Gasteiger partial charge on any atom is -0.329 e. The first kappa shape index (κ1) is 16.4. The first-order chi connectivity index (χ1) is 12.2. The molecule has 3 heterocycles. The Morgan fingerprint density at radius 3 is 2.96 bits per heavy atom. The number of carbonyl (C=O) groups excluding carboxylic acids is 1. The molecule has 25 heavy (non-hydrogen) atoms. The number of amides is 1. The van der Waals surface area contributed by atoms with Crippen molar-refractivity contribution in [1.82, 2.24) is 20.0 Å². The largest absolute Gasteiger partial charge is 0.329 e. The third-order valence-electron chi connectivity index (χ3n) is 4.82. The summed E-state index contributed by atoms with van der Waals surface area (Å²) >= 11 is 6.52. The first-order valence-electron chi connectivity index (χ1n) is 8.71. The Balaban J connectivity index is 1.60. The van der Waals surface area contributed by atoms with Crippen LogP contribution in [-0.4, -0.2) is 46.3 Å². The van der Waals surface area contributed by atoms with E-state index in [0.717, 1.165) is 37.1 Å². The maximum Gasteiger partial charge on any atom is 0.275 e. The smallest absolute Gasteiger partial charge is 0.275 e. The number of aromatic nitrogens is 2. The van der Waals surface area contributed by atoms with Crippen LogP contribution in [0.1, 0.15) is 28.0 Å². The van der Waals surface area contributed by atoms with Crippen LogP contribution in [0.25, 0.3) is 0 Å². The van der Waals surface area contributed by atoms with Crippen molar-refractivity contribution in [3.63, 3.8) is 0 Å². The van der Waals surface area contributed by atoms with Gasteiger partial charge >= 0.3 is 0 Å². The molecule has 0 fully saturated rings. The summed E-state index contributed by atoms with van der Waals surface area (Å²) in [6.07, 6.45) is 6.03. The van der Waals surface area contributed by atoms with Gasteiger partial charge in [0, 0.05) is 18.7 Å². The van der Waals surface area contributed by atoms with Gasteiger partial charge < -0.3 is 10.2 Å². The number of rotatable bonds is 3. The summed E-state index contributed by atoms with van der Waals surface area (Å²) in [6, 6.07) is 10.1. The van der Waals surface area contributed by atoms with Crippen molar-refractivity contribution in [2.45, 2.75) is 25.4 Å². The Labute approximate surface area is 152 Å². The molecule has 1 unspecified atom stereocenters. The van der Waals surface area contributed by atoms with Gasteiger partial charge in [-0.3, -0.25) is 4.79 Å². The second-order valence-corrected chi connectivity index (χ2v) is 6.86. The third kappa shape index (κ3) is 3.22. The standard InChI is InChI=1S/C19H21ClN4O/c20-18-16-9-11-23(15-8-4-5-10-21-12-15)19(25)17(16)22-24(18)13-14-6-2-1-3-7-14/h1-4,6-8,15,21H,5,9-13H2. The van der Waals surface area contributed by atoms with Gasteiger partial charge in [0.15, 0.2) is 5.69 Å². The molecule has 2 aromatic rings. The predicted octanol–water partition coefficient (Wildman–Crippen LogP) is 2.50. The molecule has 1 aromatic carbocycles. The quantitative estimate of drug-likeness (QED) is 0.860. The minimum atomic E-state index is -0.0201. The average Bonchev–Trinajstić information content (AvgIpc) is 2.81. The van der Waals surface area contributed by atoms with Crippen LogP contribution in [0, 0.1) is 0 Å². The van der Waals surface area contributed by atoms with Gasteiger partial charge in [-0.15, -0.1) is 0 Å². The van der Waals surface area contributed by atoms with E-state index in [1.54, 1.807) is 4.68 Å². The van der Waals surface area contributed by atoms with Crippen LogP contribution >= 0.6 is 11.6 Å². The van der Waals surface area contributed by atoms with Crippen LogP contribution in [0.5, 0.6) is 0 Å². The molecule has 0 radical (unpaired) electrons. The van der Waals surface area contributed by atoms with Crippen molar-refractivity contribution in [2.24, 2.45) is 0 Å². The molecule has 2 aliphatic heterocycles. The molecule has 1 aromatic heterocycles. The summed E-state index contributed by atoms with van der Waals surface area (Å²) in [7, 11) is 0. The first-order valence-corrected chi connectivity index (χ1v) is 9.09. The van der Waals surface area contributed by atoms with Crippen molar-refractivity contribution in [3.8, 4) is 0 Å². The van der Waals surface area contributed by atoms with E-state index in [2.05, 4.69) is 22.6 Å². The summed E-state index contributed by atoms with van der Waals surface area (Å²) < 4.78 is 1.74. The van der Waals surface area contributed by atoms with Crippen LogP contribution in [0.2, 0.25) is 5.15 Å². The summed E-state index contributed by atoms with van der Waals surface area (Å²) in [5, 5.41) is 8.51. The zero-order chi connectivity index (χ0) is 17.2. The van der Waals surface area contributed by atoms with Crippen LogP contribution < -0.4 is 5.32 Å². The average molecular weight is 357 g/mol. The second kappa shape index (κ2) is 7.02. The van der Waals surface area contributed by atoms with Crippen molar-refractivity contribution >= 4 is 17.5 Å². The molecule has 0 aliphatic carbocycles. The Morgan fingerprint density at radius 1 is 1.28 bits per heavy atom. The van der Waals surface area contributed by atoms with Gasteiger partial charge in [0.05, 0.1) is 12.6 Å². The fourth-order valence-electron chi connectivity index (χ4n) is 3.49. The Bertz CT molecular complexity index is 799. The molecule has 4 rings (SSSR count). The minimum absolute atomic E-state index is 0.0201. The van der Waals surface area contributed by atoms with Crippen LogP contribution in [-0.2, 0) is 13.0 Å². The SMILES string of the molecule is O=C1c2nn(Cc3ccccc3)c(Cl)c2CCN1C1C=CCCNC1. The maximum absolute atomic E-state index is 13.0. The monoisotopic (exact) mass is 356 g/mol. The molecular formula is C19H21ClN4O. The maximum atomic E-state index is 13.0. The van der Waals surface area contributed by atoms with Gasteiger partial charge in [-0.1, -0.05) is 54.1 Å². The highest BCUT2D eigenvalue weighted by Crippen LogP contribution is 2.28. The number of benzene rings is 1. The highest BCUT2D eigenvalue weighted by Gasteiger charge is 2.33. The van der Waals surface area contributed by atoms with Gasteiger partial charge in [-0.2, -0.15) is 5.10 Å². The number of hydrogen-bond acceptors (Lipinski definition) is 3. The van der Waals surface area contributed by atoms with Gasteiger partial charge in [0.25, 0.3) is 5.91 Å². The molecule has 1 atom stereocenters. The molecule has 0 spiro atoms. The second-order valence-electron chi connectivity index (χ2n) is 6.50. The lowest BCUT2D eigenvalue weighted by Gasteiger charge is -2.32. The zero-order valence-corrected chi connectivity index (χ0v) is 14.7. The van der Waals surface area contributed by atoms with E-state index < -0.39 is 0 Å². The fourth-order valence-corrected chi connectivity index (χ4v) is 3.77. The molecule has 5 nitrogen and oxygen atoms in total. The molecule has 1 N–H and O–H groups in total. The van der Waals surface area contributed by atoms with Crippen molar-refractivity contribution in [1.29, 1.82) is 0 Å². The third-order valence-corrected chi connectivity index (χ3v) is 5.25. The van der Waals surface area contributed by atoms with Gasteiger partial charge in [0.1, 0.15) is 5.15 Å². The molecule has 0 bridgehead atoms. The highest BCUT2D eigenvalue weighted by atomic mass is 35.5. The van der Waals surface area contributed by atoms with Crippen molar-refractivity contribution in [3.05, 3.63) is 64.5 Å². The summed E-state index contributed by atoms with van der Waals surface area (Å²) in [4.78, 5) is 14.9. The lowest BCUT2D eigenvalue weighted by molar-refractivity contribution is 0.0689. The fraction of sp³-hybridized carbons (Fsp3) is 0.368. The summed E-state index contributed by atoms with van der Waals surface area (Å²) in [6.45, 7) is 3.00. The number of hydrogen-bond donors (Lipinski definition) is 1. The predicted molar refractivity (Wildman–Crippen MR) is 97.9 cm³/mol. The lowest BCUT2D eigenvalue weighted by Crippen LogP contribution is -2.47. The van der Waals surface area contributed by atoms with E-state index >= 15 is 0 Å². The Kier molecular flexibility index (Phi) is 4.59. The molecular weight excluding hydrogens is 336 g/mol.